The van der Waals surface area contributed by atoms with Gasteiger partial charge in [0.05, 0.1) is 28.9 Å². The average Bonchev–Trinajstić information content (AvgIpc) is 3.23. The number of nitrogens with zero attached hydrogens (tertiary/aromatic N) is 5. The quantitative estimate of drug-likeness (QED) is 0.358. The second-order valence-electron chi connectivity index (χ2n) is 7.46. The standard InChI is InChI=1S/C19H13BrF8N6O4S/c1-8(14-32-16(20)33-34(14)17-29-5-11(6-30-17)38-7-13(21)22)31-15(35)9-2-10(18(23,24)25)4-12(3-9)39(36,37)19(26,27)28/h2-6,8,13H,7H2,1H3,(H,31,35). The minimum Gasteiger partial charge on any atom is -0.484 e. The maximum absolute atomic E-state index is 13.3. The Morgan fingerprint density at radius 3 is 2.26 bits per heavy atom. The molecule has 39 heavy (non-hydrogen) atoms. The maximum atomic E-state index is 13.3. The largest absolute Gasteiger partial charge is 0.501 e. The van der Waals surface area contributed by atoms with Crippen LogP contribution in [-0.4, -0.2) is 57.6 Å². The van der Waals surface area contributed by atoms with Crippen LogP contribution in [0.4, 0.5) is 35.1 Å². The Bertz CT molecular complexity index is 1460. The van der Waals surface area contributed by atoms with Gasteiger partial charge in [-0.05, 0) is 41.1 Å². The van der Waals surface area contributed by atoms with Gasteiger partial charge in [0, 0.05) is 5.56 Å². The van der Waals surface area contributed by atoms with E-state index in [0.717, 1.165) is 17.1 Å². The number of alkyl halides is 8. The van der Waals surface area contributed by atoms with E-state index in [1.54, 1.807) is 0 Å². The summed E-state index contributed by atoms with van der Waals surface area (Å²) in [6, 6.07) is -1.11. The van der Waals surface area contributed by atoms with Gasteiger partial charge in [-0.15, -0.1) is 5.10 Å². The SMILES string of the molecule is CC(NC(=O)c1cc(C(F)(F)F)cc(S(=O)(=O)C(F)(F)F)c1)c1nc(Br)nn1-c1ncc(OCC(F)F)cn1. The average molecular weight is 653 g/mol. The highest BCUT2D eigenvalue weighted by atomic mass is 79.9. The summed E-state index contributed by atoms with van der Waals surface area (Å²) in [5, 5.41) is 6.12. The minimum absolute atomic E-state index is 0.0714. The van der Waals surface area contributed by atoms with Gasteiger partial charge in [0.15, 0.2) is 11.6 Å². The van der Waals surface area contributed by atoms with Crippen LogP contribution in [0.15, 0.2) is 40.2 Å². The monoisotopic (exact) mass is 652 g/mol. The highest BCUT2D eigenvalue weighted by Gasteiger charge is 2.48. The topological polar surface area (TPSA) is 129 Å². The first-order valence-electron chi connectivity index (χ1n) is 10.1. The van der Waals surface area contributed by atoms with Gasteiger partial charge in [-0.3, -0.25) is 4.79 Å². The van der Waals surface area contributed by atoms with Crippen LogP contribution < -0.4 is 10.1 Å². The molecule has 3 aromatic rings. The van der Waals surface area contributed by atoms with Gasteiger partial charge in [-0.1, -0.05) is 0 Å². The molecule has 0 aliphatic carbocycles. The van der Waals surface area contributed by atoms with Crippen LogP contribution >= 0.6 is 15.9 Å². The van der Waals surface area contributed by atoms with E-state index >= 15 is 0 Å². The Morgan fingerprint density at radius 2 is 1.72 bits per heavy atom. The van der Waals surface area contributed by atoms with Gasteiger partial charge in [-0.2, -0.15) is 31.0 Å². The lowest BCUT2D eigenvalue weighted by Gasteiger charge is -2.16. The van der Waals surface area contributed by atoms with Crippen molar-refractivity contribution < 1.29 is 53.1 Å². The van der Waals surface area contributed by atoms with Crippen LogP contribution in [0.5, 0.6) is 5.75 Å². The van der Waals surface area contributed by atoms with E-state index in [0.29, 0.717) is 0 Å². The molecule has 0 aliphatic heterocycles. The molecule has 0 spiro atoms. The van der Waals surface area contributed by atoms with Crippen molar-refractivity contribution in [3.05, 3.63) is 52.3 Å². The van der Waals surface area contributed by atoms with E-state index in [-0.39, 0.29) is 40.5 Å². The molecule has 1 amide bonds. The highest BCUT2D eigenvalue weighted by Crippen LogP contribution is 2.36. The number of benzene rings is 1. The summed E-state index contributed by atoms with van der Waals surface area (Å²) < 4.78 is 132. The fraction of sp³-hybridized carbons (Fsp3) is 0.316. The number of hydrogen-bond acceptors (Lipinski definition) is 8. The first-order chi connectivity index (χ1) is 17.9. The lowest BCUT2D eigenvalue weighted by molar-refractivity contribution is -0.137. The molecule has 0 bridgehead atoms. The Kier molecular flexibility index (Phi) is 8.49. The zero-order chi connectivity index (χ0) is 29.3. The summed E-state index contributed by atoms with van der Waals surface area (Å²) >= 11 is 2.98. The van der Waals surface area contributed by atoms with Crippen molar-refractivity contribution in [1.82, 2.24) is 30.0 Å². The van der Waals surface area contributed by atoms with Gasteiger partial charge >= 0.3 is 11.7 Å². The van der Waals surface area contributed by atoms with E-state index < -0.39 is 62.5 Å². The molecule has 10 nitrogen and oxygen atoms in total. The second-order valence-corrected chi connectivity index (χ2v) is 10.1. The number of amides is 1. The van der Waals surface area contributed by atoms with Gasteiger partial charge in [0.2, 0.25) is 4.73 Å². The first kappa shape index (κ1) is 30.1. The molecule has 1 unspecified atom stereocenters. The summed E-state index contributed by atoms with van der Waals surface area (Å²) in [6.07, 6.45) is -5.99. The molecule has 2 heterocycles. The zero-order valence-corrected chi connectivity index (χ0v) is 21.3. The molecule has 2 aromatic heterocycles. The number of sulfone groups is 1. The summed E-state index contributed by atoms with van der Waals surface area (Å²) in [5.74, 6) is -1.83. The molecule has 212 valence electrons. The molecular weight excluding hydrogens is 640 g/mol. The molecular formula is C19H13BrF8N6O4S. The van der Waals surface area contributed by atoms with Crippen LogP contribution in [0.25, 0.3) is 5.95 Å². The number of carbonyl (C=O) groups excluding carboxylic acids is 1. The number of rotatable bonds is 8. The molecule has 0 saturated carbocycles. The van der Waals surface area contributed by atoms with Crippen molar-refractivity contribution in [2.45, 2.75) is 36.0 Å². The van der Waals surface area contributed by atoms with Crippen LogP contribution in [0.3, 0.4) is 0 Å². The molecule has 0 radical (unpaired) electrons. The third-order valence-corrected chi connectivity index (χ3v) is 6.43. The molecule has 3 rings (SSSR count). The predicted octanol–water partition coefficient (Wildman–Crippen LogP) is 4.27. The van der Waals surface area contributed by atoms with Gasteiger partial charge in [-0.25, -0.2) is 32.2 Å². The first-order valence-corrected chi connectivity index (χ1v) is 12.4. The van der Waals surface area contributed by atoms with Gasteiger partial charge < -0.3 is 10.1 Å². The lowest BCUT2D eigenvalue weighted by atomic mass is 10.1. The van der Waals surface area contributed by atoms with Gasteiger partial charge in [0.25, 0.3) is 28.1 Å². The van der Waals surface area contributed by atoms with E-state index in [9.17, 15) is 48.3 Å². The third-order valence-electron chi connectivity index (χ3n) is 4.63. The number of hydrogen-bond donors (Lipinski definition) is 1. The van der Waals surface area contributed by atoms with Gasteiger partial charge in [0.1, 0.15) is 6.61 Å². The van der Waals surface area contributed by atoms with Crippen LogP contribution in [-0.2, 0) is 16.0 Å². The van der Waals surface area contributed by atoms with Crippen molar-refractivity contribution in [2.24, 2.45) is 0 Å². The number of ether oxygens (including phenoxy) is 1. The van der Waals surface area contributed by atoms with Crippen molar-refractivity contribution in [3.63, 3.8) is 0 Å². The van der Waals surface area contributed by atoms with E-state index in [1.807, 2.05) is 0 Å². The van der Waals surface area contributed by atoms with E-state index in [2.05, 4.69) is 41.3 Å². The van der Waals surface area contributed by atoms with E-state index in [4.69, 9.17) is 4.74 Å². The molecule has 0 saturated heterocycles. The number of nitrogens with one attached hydrogen (secondary N) is 1. The van der Waals surface area contributed by atoms with Crippen LogP contribution in [0, 0.1) is 0 Å². The summed E-state index contributed by atoms with van der Waals surface area (Å²) in [5.41, 5.74) is -8.78. The van der Waals surface area contributed by atoms with E-state index in [1.165, 1.54) is 6.92 Å². The fourth-order valence-corrected chi connectivity index (χ4v) is 4.08. The van der Waals surface area contributed by atoms with Crippen LogP contribution in [0.2, 0.25) is 0 Å². The smallest absolute Gasteiger partial charge is 0.484 e. The molecule has 0 fully saturated rings. The summed E-state index contributed by atoms with van der Waals surface area (Å²) in [4.78, 5) is 22.7. The van der Waals surface area contributed by atoms with Crippen LogP contribution in [0.1, 0.15) is 34.7 Å². The molecule has 1 N–H and O–H groups in total. The van der Waals surface area contributed by atoms with Crippen molar-refractivity contribution in [2.75, 3.05) is 6.61 Å². The number of halogens is 9. The second kappa shape index (κ2) is 11.0. The normalized spacial score (nSPS) is 13.4. The number of aromatic nitrogens is 5. The fourth-order valence-electron chi connectivity index (χ4n) is 2.91. The summed E-state index contributed by atoms with van der Waals surface area (Å²) in [7, 11) is -6.23. The molecule has 0 aliphatic rings. The molecule has 20 heteroatoms. The lowest BCUT2D eigenvalue weighted by Crippen LogP contribution is -2.30. The number of carbonyl (C=O) groups is 1. The zero-order valence-electron chi connectivity index (χ0n) is 18.9. The Balaban J connectivity index is 1.93. The van der Waals surface area contributed by atoms with Crippen molar-refractivity contribution >= 4 is 31.7 Å². The maximum Gasteiger partial charge on any atom is 0.501 e. The molecule has 1 aromatic carbocycles. The minimum atomic E-state index is -6.23. The van der Waals surface area contributed by atoms with Crippen molar-refractivity contribution in [1.29, 1.82) is 0 Å². The highest BCUT2D eigenvalue weighted by molar-refractivity contribution is 9.10. The third kappa shape index (κ3) is 6.97. The van der Waals surface area contributed by atoms with Crippen molar-refractivity contribution in [3.8, 4) is 11.7 Å². The Morgan fingerprint density at radius 1 is 1.10 bits per heavy atom. The predicted molar refractivity (Wildman–Crippen MR) is 117 cm³/mol. The Labute approximate surface area is 221 Å². The Hall–Kier alpha value is -3.42. The summed E-state index contributed by atoms with van der Waals surface area (Å²) in [6.45, 7) is 0.347. The molecule has 1 atom stereocenters.